The minimum absolute atomic E-state index is 0.207. The SMILES string of the molecule is Cc1nsc(NC(=O)c2cnn(CC(C)C)c2)n1. The number of nitrogens with zero attached hydrogens (tertiary/aromatic N) is 4. The monoisotopic (exact) mass is 265 g/mol. The van der Waals surface area contributed by atoms with E-state index in [1.807, 2.05) is 0 Å². The molecule has 6 nitrogen and oxygen atoms in total. The van der Waals surface area contributed by atoms with Gasteiger partial charge >= 0.3 is 0 Å². The number of amides is 1. The van der Waals surface area contributed by atoms with E-state index in [4.69, 9.17) is 0 Å². The van der Waals surface area contributed by atoms with Gasteiger partial charge in [0, 0.05) is 24.3 Å². The van der Waals surface area contributed by atoms with Crippen molar-refractivity contribution in [2.75, 3.05) is 5.32 Å². The predicted molar refractivity (Wildman–Crippen MR) is 69.7 cm³/mol. The Morgan fingerprint density at radius 1 is 1.56 bits per heavy atom. The lowest BCUT2D eigenvalue weighted by Gasteiger charge is -2.03. The van der Waals surface area contributed by atoms with Crippen molar-refractivity contribution in [2.45, 2.75) is 27.3 Å². The summed E-state index contributed by atoms with van der Waals surface area (Å²) in [6, 6.07) is 0. The second-order valence-electron chi connectivity index (χ2n) is 4.45. The van der Waals surface area contributed by atoms with Gasteiger partial charge in [-0.25, -0.2) is 4.98 Å². The van der Waals surface area contributed by atoms with E-state index in [2.05, 4.69) is 33.6 Å². The molecule has 2 rings (SSSR count). The summed E-state index contributed by atoms with van der Waals surface area (Å²) in [5, 5.41) is 7.35. The maximum absolute atomic E-state index is 11.9. The van der Waals surface area contributed by atoms with Crippen LogP contribution in [-0.4, -0.2) is 25.0 Å². The summed E-state index contributed by atoms with van der Waals surface area (Å²) >= 11 is 1.17. The van der Waals surface area contributed by atoms with E-state index in [1.165, 1.54) is 11.5 Å². The molecule has 0 saturated heterocycles. The number of nitrogens with one attached hydrogen (secondary N) is 1. The molecule has 2 heterocycles. The molecule has 2 aromatic heterocycles. The highest BCUT2D eigenvalue weighted by Gasteiger charge is 2.11. The van der Waals surface area contributed by atoms with Gasteiger partial charge in [0.25, 0.3) is 5.91 Å². The van der Waals surface area contributed by atoms with E-state index in [1.54, 1.807) is 24.0 Å². The van der Waals surface area contributed by atoms with Crippen molar-refractivity contribution in [1.82, 2.24) is 19.1 Å². The third-order valence-corrected chi connectivity index (χ3v) is 2.92. The van der Waals surface area contributed by atoms with Crippen LogP contribution in [0.4, 0.5) is 5.13 Å². The largest absolute Gasteiger partial charge is 0.296 e. The molecular weight excluding hydrogens is 250 g/mol. The Bertz CT molecular complexity index is 545. The lowest BCUT2D eigenvalue weighted by Crippen LogP contribution is -2.11. The number of hydrogen-bond donors (Lipinski definition) is 1. The first kappa shape index (κ1) is 12.7. The van der Waals surface area contributed by atoms with Gasteiger partial charge in [0.2, 0.25) is 5.13 Å². The molecule has 0 radical (unpaired) electrons. The van der Waals surface area contributed by atoms with E-state index < -0.39 is 0 Å². The van der Waals surface area contributed by atoms with Crippen LogP contribution in [0.25, 0.3) is 0 Å². The zero-order valence-corrected chi connectivity index (χ0v) is 11.4. The average molecular weight is 265 g/mol. The fourth-order valence-electron chi connectivity index (χ4n) is 1.47. The molecule has 96 valence electrons. The minimum Gasteiger partial charge on any atom is -0.296 e. The molecule has 1 N–H and O–H groups in total. The summed E-state index contributed by atoms with van der Waals surface area (Å²) in [5.74, 6) is 0.943. The van der Waals surface area contributed by atoms with E-state index >= 15 is 0 Å². The van der Waals surface area contributed by atoms with Gasteiger partial charge in [-0.1, -0.05) is 13.8 Å². The zero-order valence-electron chi connectivity index (χ0n) is 10.5. The normalized spacial score (nSPS) is 10.9. The first-order chi connectivity index (χ1) is 8.54. The van der Waals surface area contributed by atoms with Gasteiger partial charge in [0.05, 0.1) is 11.8 Å². The Labute approximate surface area is 109 Å². The van der Waals surface area contributed by atoms with E-state index in [9.17, 15) is 4.79 Å². The van der Waals surface area contributed by atoms with Crippen molar-refractivity contribution < 1.29 is 4.79 Å². The zero-order chi connectivity index (χ0) is 13.1. The summed E-state index contributed by atoms with van der Waals surface area (Å²) in [4.78, 5) is 16.0. The van der Waals surface area contributed by atoms with Crippen molar-refractivity contribution >= 4 is 22.6 Å². The number of carbonyl (C=O) groups excluding carboxylic acids is 1. The molecule has 7 heteroatoms. The third-order valence-electron chi connectivity index (χ3n) is 2.20. The fourth-order valence-corrected chi connectivity index (χ4v) is 2.04. The number of aryl methyl sites for hydroxylation is 1. The Hall–Kier alpha value is -1.76. The lowest BCUT2D eigenvalue weighted by molar-refractivity contribution is 0.102. The van der Waals surface area contributed by atoms with Crippen LogP contribution < -0.4 is 5.32 Å². The Morgan fingerprint density at radius 2 is 2.33 bits per heavy atom. The van der Waals surface area contributed by atoms with Crippen LogP contribution in [0.3, 0.4) is 0 Å². The highest BCUT2D eigenvalue weighted by atomic mass is 32.1. The topological polar surface area (TPSA) is 72.7 Å². The van der Waals surface area contributed by atoms with Crippen LogP contribution in [0.15, 0.2) is 12.4 Å². The first-order valence-corrected chi connectivity index (χ1v) is 6.46. The van der Waals surface area contributed by atoms with Crippen molar-refractivity contribution in [3.8, 4) is 0 Å². The smallest absolute Gasteiger partial charge is 0.260 e. The Morgan fingerprint density at radius 3 is 2.94 bits per heavy atom. The average Bonchev–Trinajstić information content (AvgIpc) is 2.87. The molecule has 0 aromatic carbocycles. The lowest BCUT2D eigenvalue weighted by atomic mass is 10.2. The molecule has 1 amide bonds. The molecule has 0 bridgehead atoms. The van der Waals surface area contributed by atoms with Crippen molar-refractivity contribution in [1.29, 1.82) is 0 Å². The molecule has 0 atom stereocenters. The molecule has 2 aromatic rings. The Balaban J connectivity index is 2.02. The fraction of sp³-hybridized carbons (Fsp3) is 0.455. The minimum atomic E-state index is -0.207. The van der Waals surface area contributed by atoms with Gasteiger partial charge in [0.15, 0.2) is 0 Å². The van der Waals surface area contributed by atoms with Crippen LogP contribution in [-0.2, 0) is 6.54 Å². The third kappa shape index (κ3) is 3.13. The number of hydrogen-bond acceptors (Lipinski definition) is 5. The molecule has 0 spiro atoms. The second kappa shape index (κ2) is 5.26. The molecular formula is C11H15N5OS. The van der Waals surface area contributed by atoms with Crippen LogP contribution >= 0.6 is 11.5 Å². The second-order valence-corrected chi connectivity index (χ2v) is 5.20. The summed E-state index contributed by atoms with van der Waals surface area (Å²) in [6.07, 6.45) is 3.30. The van der Waals surface area contributed by atoms with E-state index in [0.29, 0.717) is 22.4 Å². The van der Waals surface area contributed by atoms with Gasteiger partial charge in [0.1, 0.15) is 5.82 Å². The molecule has 0 aliphatic heterocycles. The van der Waals surface area contributed by atoms with Crippen LogP contribution in [0.2, 0.25) is 0 Å². The first-order valence-electron chi connectivity index (χ1n) is 5.68. The maximum Gasteiger partial charge on any atom is 0.260 e. The van der Waals surface area contributed by atoms with Crippen molar-refractivity contribution in [2.24, 2.45) is 5.92 Å². The molecule has 0 fully saturated rings. The van der Waals surface area contributed by atoms with Crippen molar-refractivity contribution in [3.05, 3.63) is 23.8 Å². The number of rotatable bonds is 4. The van der Waals surface area contributed by atoms with Gasteiger partial charge in [-0.3, -0.25) is 14.8 Å². The maximum atomic E-state index is 11.9. The van der Waals surface area contributed by atoms with Gasteiger partial charge < -0.3 is 0 Å². The van der Waals surface area contributed by atoms with Crippen LogP contribution in [0.1, 0.15) is 30.0 Å². The summed E-state index contributed by atoms with van der Waals surface area (Å²) < 4.78 is 5.77. The summed E-state index contributed by atoms with van der Waals surface area (Å²) in [6.45, 7) is 6.79. The number of anilines is 1. The van der Waals surface area contributed by atoms with Gasteiger partial charge in [-0.2, -0.15) is 9.47 Å². The van der Waals surface area contributed by atoms with Crippen LogP contribution in [0.5, 0.6) is 0 Å². The standard InChI is InChI=1S/C11H15N5OS/c1-7(2)5-16-6-9(4-12-16)10(17)14-11-13-8(3)15-18-11/h4,6-7H,5H2,1-3H3,(H,13,14,15,17). The number of carbonyl (C=O) groups is 1. The van der Waals surface area contributed by atoms with Gasteiger partial charge in [-0.05, 0) is 12.8 Å². The molecule has 18 heavy (non-hydrogen) atoms. The van der Waals surface area contributed by atoms with E-state index in [-0.39, 0.29) is 5.91 Å². The quantitative estimate of drug-likeness (QED) is 0.917. The molecule has 0 aliphatic rings. The number of aromatic nitrogens is 4. The predicted octanol–water partition coefficient (Wildman–Crippen LogP) is 1.95. The highest BCUT2D eigenvalue weighted by molar-refractivity contribution is 7.09. The van der Waals surface area contributed by atoms with Crippen molar-refractivity contribution in [3.63, 3.8) is 0 Å². The van der Waals surface area contributed by atoms with Crippen LogP contribution in [0, 0.1) is 12.8 Å². The molecule has 0 aliphatic carbocycles. The molecule has 0 saturated carbocycles. The van der Waals surface area contributed by atoms with E-state index in [0.717, 1.165) is 6.54 Å². The summed E-state index contributed by atoms with van der Waals surface area (Å²) in [5.41, 5.74) is 0.531. The summed E-state index contributed by atoms with van der Waals surface area (Å²) in [7, 11) is 0. The highest BCUT2D eigenvalue weighted by Crippen LogP contribution is 2.12. The van der Waals surface area contributed by atoms with Gasteiger partial charge in [-0.15, -0.1) is 0 Å². The Kier molecular flexibility index (Phi) is 3.71. The molecule has 0 unspecified atom stereocenters.